The Balaban J connectivity index is 1.50. The Kier molecular flexibility index (Phi) is 6.95. The number of nitrogens with one attached hydrogen (secondary N) is 1. The van der Waals surface area contributed by atoms with Gasteiger partial charge in [-0.25, -0.2) is 4.98 Å². The van der Waals surface area contributed by atoms with E-state index in [1.807, 2.05) is 48.5 Å². The summed E-state index contributed by atoms with van der Waals surface area (Å²) in [4.78, 5) is 32.8. The van der Waals surface area contributed by atoms with E-state index in [2.05, 4.69) is 17.2 Å². The number of carbonyl (C=O) groups excluding carboxylic acids is 2. The monoisotopic (exact) mass is 410 g/mol. The van der Waals surface area contributed by atoms with Gasteiger partial charge in [-0.3, -0.25) is 14.5 Å². The van der Waals surface area contributed by atoms with Crippen LogP contribution in [0.25, 0.3) is 10.2 Å². The summed E-state index contributed by atoms with van der Waals surface area (Å²) < 4.78 is 1.12. The van der Waals surface area contributed by atoms with E-state index in [1.165, 1.54) is 0 Å². The first-order chi connectivity index (χ1) is 14.0. The van der Waals surface area contributed by atoms with Crippen LogP contribution in [0.2, 0.25) is 0 Å². The van der Waals surface area contributed by atoms with E-state index in [0.29, 0.717) is 6.54 Å². The maximum atomic E-state index is 12.5. The molecular weight excluding hydrogens is 384 g/mol. The maximum Gasteiger partial charge on any atom is 0.238 e. The number of rotatable bonds is 8. The van der Waals surface area contributed by atoms with Crippen molar-refractivity contribution in [3.05, 3.63) is 59.1 Å². The van der Waals surface area contributed by atoms with Crippen LogP contribution < -0.4 is 5.32 Å². The number of hydrogen-bond acceptors (Lipinski definition) is 5. The van der Waals surface area contributed by atoms with E-state index < -0.39 is 0 Å². The Morgan fingerprint density at radius 1 is 1.03 bits per heavy atom. The average Bonchev–Trinajstić information content (AvgIpc) is 3.10. The van der Waals surface area contributed by atoms with Crippen molar-refractivity contribution in [1.29, 1.82) is 0 Å². The third-order valence-corrected chi connectivity index (χ3v) is 5.65. The highest BCUT2D eigenvalue weighted by molar-refractivity contribution is 7.18. The molecule has 2 amide bonds. The molecule has 0 saturated carbocycles. The largest absolute Gasteiger partial charge is 0.338 e. The minimum absolute atomic E-state index is 0.0477. The number of para-hydroxylation sites is 2. The van der Waals surface area contributed by atoms with Gasteiger partial charge in [0.2, 0.25) is 11.8 Å². The van der Waals surface area contributed by atoms with Crippen LogP contribution in [-0.2, 0) is 22.6 Å². The molecule has 1 N–H and O–H groups in total. The Bertz CT molecular complexity index is 968. The number of fused-ring (bicyclic) bond motifs is 1. The number of likely N-dealkylation sites (N-methyl/N-ethyl adjacent to an activating group) is 2. The first-order valence-electron chi connectivity index (χ1n) is 9.61. The Hall–Kier alpha value is -2.77. The third kappa shape index (κ3) is 5.62. The third-order valence-electron chi connectivity index (χ3n) is 4.63. The Morgan fingerprint density at radius 2 is 1.76 bits per heavy atom. The predicted octanol–water partition coefficient (Wildman–Crippen LogP) is 3.39. The summed E-state index contributed by atoms with van der Waals surface area (Å²) >= 11 is 1.59. The summed E-state index contributed by atoms with van der Waals surface area (Å²) in [5.41, 5.74) is 2.87. The number of amides is 2. The van der Waals surface area contributed by atoms with Crippen LogP contribution >= 0.6 is 11.3 Å². The van der Waals surface area contributed by atoms with Crippen LogP contribution in [0.15, 0.2) is 48.5 Å². The zero-order valence-corrected chi connectivity index (χ0v) is 17.8. The molecule has 0 aliphatic rings. The first kappa shape index (κ1) is 21.0. The van der Waals surface area contributed by atoms with E-state index in [4.69, 9.17) is 0 Å². The number of carbonyl (C=O) groups is 2. The van der Waals surface area contributed by atoms with Crippen molar-refractivity contribution in [3.8, 4) is 0 Å². The van der Waals surface area contributed by atoms with E-state index in [9.17, 15) is 9.59 Å². The number of benzene rings is 2. The van der Waals surface area contributed by atoms with Crippen molar-refractivity contribution in [2.45, 2.75) is 19.9 Å². The molecule has 29 heavy (non-hydrogen) atoms. The molecule has 3 aromatic rings. The molecule has 0 aliphatic heterocycles. The van der Waals surface area contributed by atoms with Gasteiger partial charge in [0.15, 0.2) is 0 Å². The highest BCUT2D eigenvalue weighted by atomic mass is 32.1. The van der Waals surface area contributed by atoms with Crippen LogP contribution in [-0.4, -0.2) is 53.8 Å². The molecule has 0 spiro atoms. The summed E-state index contributed by atoms with van der Waals surface area (Å²) in [6.45, 7) is 2.84. The molecule has 0 fully saturated rings. The van der Waals surface area contributed by atoms with Gasteiger partial charge in [0.25, 0.3) is 0 Å². The Labute approximate surface area is 175 Å². The molecule has 1 heterocycles. The van der Waals surface area contributed by atoms with Gasteiger partial charge in [-0.15, -0.1) is 11.3 Å². The molecular formula is C22H26N4O2S. The number of anilines is 1. The van der Waals surface area contributed by atoms with Crippen molar-refractivity contribution in [1.82, 2.24) is 14.8 Å². The lowest BCUT2D eigenvalue weighted by molar-refractivity contribution is -0.131. The summed E-state index contributed by atoms with van der Waals surface area (Å²) in [7, 11) is 3.54. The lowest BCUT2D eigenvalue weighted by Crippen LogP contribution is -2.39. The molecule has 0 atom stereocenters. The maximum absolute atomic E-state index is 12.5. The smallest absolute Gasteiger partial charge is 0.238 e. The van der Waals surface area contributed by atoms with Gasteiger partial charge in [-0.2, -0.15) is 0 Å². The summed E-state index contributed by atoms with van der Waals surface area (Å²) in [6, 6.07) is 15.7. The fourth-order valence-corrected chi connectivity index (χ4v) is 4.09. The van der Waals surface area contributed by atoms with Gasteiger partial charge in [-0.05, 0) is 37.2 Å². The molecule has 0 unspecified atom stereocenters. The molecule has 1 aromatic heterocycles. The quantitative estimate of drug-likeness (QED) is 0.618. The van der Waals surface area contributed by atoms with E-state index >= 15 is 0 Å². The summed E-state index contributed by atoms with van der Waals surface area (Å²) in [5, 5.41) is 3.84. The van der Waals surface area contributed by atoms with Crippen LogP contribution in [0.3, 0.4) is 0 Å². The van der Waals surface area contributed by atoms with Crippen LogP contribution in [0, 0.1) is 0 Å². The van der Waals surface area contributed by atoms with Crippen LogP contribution in [0.5, 0.6) is 0 Å². The van der Waals surface area contributed by atoms with Crippen molar-refractivity contribution >= 4 is 39.1 Å². The molecule has 152 valence electrons. The van der Waals surface area contributed by atoms with E-state index in [1.54, 1.807) is 35.2 Å². The molecule has 0 aliphatic carbocycles. The van der Waals surface area contributed by atoms with Crippen LogP contribution in [0.1, 0.15) is 17.5 Å². The highest BCUT2D eigenvalue weighted by Gasteiger charge is 2.16. The molecule has 7 heteroatoms. The molecule has 3 rings (SSSR count). The second-order valence-electron chi connectivity index (χ2n) is 7.06. The van der Waals surface area contributed by atoms with Crippen LogP contribution in [0.4, 0.5) is 5.69 Å². The standard InChI is InChI=1S/C22H26N4O2S/c1-4-16-9-5-6-10-17(16)23-20(27)13-25(2)15-22(28)26(3)14-21-24-18-11-7-8-12-19(18)29-21/h5-12H,4,13-15H2,1-3H3,(H,23,27). The molecule has 0 saturated heterocycles. The van der Waals surface area contributed by atoms with Crippen molar-refractivity contribution < 1.29 is 9.59 Å². The predicted molar refractivity (Wildman–Crippen MR) is 118 cm³/mol. The van der Waals surface area contributed by atoms with Gasteiger partial charge >= 0.3 is 0 Å². The fourth-order valence-electron chi connectivity index (χ4n) is 3.07. The normalized spacial score (nSPS) is 11.0. The summed E-state index contributed by atoms with van der Waals surface area (Å²) in [6.07, 6.45) is 0.849. The van der Waals surface area contributed by atoms with Crippen molar-refractivity contribution in [2.75, 3.05) is 32.5 Å². The molecule has 0 bridgehead atoms. The fraction of sp³-hybridized carbons (Fsp3) is 0.318. The SMILES string of the molecule is CCc1ccccc1NC(=O)CN(C)CC(=O)N(C)Cc1nc2ccccc2s1. The zero-order valence-electron chi connectivity index (χ0n) is 17.0. The lowest BCUT2D eigenvalue weighted by atomic mass is 10.1. The zero-order chi connectivity index (χ0) is 20.8. The van der Waals surface area contributed by atoms with Gasteiger partial charge in [-0.1, -0.05) is 37.3 Å². The number of thiazole rings is 1. The number of aryl methyl sites for hydroxylation is 1. The van der Waals surface area contributed by atoms with Crippen molar-refractivity contribution in [2.24, 2.45) is 0 Å². The molecule has 6 nitrogen and oxygen atoms in total. The van der Waals surface area contributed by atoms with Gasteiger partial charge in [0.1, 0.15) is 5.01 Å². The van der Waals surface area contributed by atoms with Gasteiger partial charge in [0.05, 0.1) is 29.9 Å². The average molecular weight is 411 g/mol. The Morgan fingerprint density at radius 3 is 2.52 bits per heavy atom. The first-order valence-corrected chi connectivity index (χ1v) is 10.4. The lowest BCUT2D eigenvalue weighted by Gasteiger charge is -2.21. The number of hydrogen-bond donors (Lipinski definition) is 1. The second-order valence-corrected chi connectivity index (χ2v) is 8.17. The second kappa shape index (κ2) is 9.62. The highest BCUT2D eigenvalue weighted by Crippen LogP contribution is 2.22. The van der Waals surface area contributed by atoms with Gasteiger partial charge in [0, 0.05) is 12.7 Å². The van der Waals surface area contributed by atoms with Crippen molar-refractivity contribution in [3.63, 3.8) is 0 Å². The minimum atomic E-state index is -0.130. The molecule has 0 radical (unpaired) electrons. The number of aromatic nitrogens is 1. The molecule has 2 aromatic carbocycles. The minimum Gasteiger partial charge on any atom is -0.338 e. The van der Waals surface area contributed by atoms with E-state index in [-0.39, 0.29) is 24.9 Å². The number of nitrogens with zero attached hydrogens (tertiary/aromatic N) is 3. The van der Waals surface area contributed by atoms with E-state index in [0.717, 1.165) is 32.9 Å². The van der Waals surface area contributed by atoms with Gasteiger partial charge < -0.3 is 10.2 Å². The topological polar surface area (TPSA) is 65.5 Å². The summed E-state index contributed by atoms with van der Waals surface area (Å²) in [5.74, 6) is -0.177.